The van der Waals surface area contributed by atoms with Gasteiger partial charge in [0, 0.05) is 31.4 Å². The molecule has 232 valence electrons. The molecule has 4 heterocycles. The van der Waals surface area contributed by atoms with Crippen LogP contribution in [0.2, 0.25) is 0 Å². The Morgan fingerprint density at radius 2 is 1.77 bits per heavy atom. The number of thioether (sulfide) groups is 1. The zero-order valence-corrected chi connectivity index (χ0v) is 23.6. The molecule has 0 aliphatic carbocycles. The van der Waals surface area contributed by atoms with Crippen LogP contribution in [-0.4, -0.2) is 45.7 Å². The number of anilines is 2. The molecule has 2 aliphatic rings. The third kappa shape index (κ3) is 7.30. The van der Waals surface area contributed by atoms with Crippen molar-refractivity contribution in [3.63, 3.8) is 0 Å². The van der Waals surface area contributed by atoms with Crippen molar-refractivity contribution < 1.29 is 35.9 Å². The zero-order chi connectivity index (χ0) is 31.6. The predicted molar refractivity (Wildman–Crippen MR) is 152 cm³/mol. The van der Waals surface area contributed by atoms with Crippen molar-refractivity contribution in [2.75, 3.05) is 30.3 Å². The van der Waals surface area contributed by atoms with E-state index in [1.54, 1.807) is 12.3 Å². The molecular weight excluding hydrogens is 612 g/mol. The first-order chi connectivity index (χ1) is 20.8. The summed E-state index contributed by atoms with van der Waals surface area (Å²) in [5.41, 5.74) is 3.11. The van der Waals surface area contributed by atoms with Crippen molar-refractivity contribution in [2.45, 2.75) is 31.7 Å². The smallest absolute Gasteiger partial charge is 0.384 e. The van der Waals surface area contributed by atoms with Gasteiger partial charge in [0.1, 0.15) is 5.82 Å². The number of carbonyl (C=O) groups excluding carboxylic acids is 2. The number of benzene rings is 1. The number of imide groups is 1. The quantitative estimate of drug-likeness (QED) is 0.228. The van der Waals surface area contributed by atoms with Gasteiger partial charge in [-0.05, 0) is 73.0 Å². The van der Waals surface area contributed by atoms with Crippen LogP contribution in [0.5, 0.6) is 0 Å². The molecule has 3 aromatic rings. The van der Waals surface area contributed by atoms with Crippen LogP contribution in [-0.2, 0) is 23.7 Å². The van der Waals surface area contributed by atoms with Crippen LogP contribution in [0.4, 0.5) is 42.9 Å². The lowest BCUT2D eigenvalue weighted by Crippen LogP contribution is -2.38. The molecule has 1 aromatic carbocycles. The molecule has 5 rings (SSSR count). The number of hydrogen-bond donors (Lipinski definition) is 3. The summed E-state index contributed by atoms with van der Waals surface area (Å²) in [4.78, 5) is 38.3. The minimum atomic E-state index is -5.05. The topological polar surface area (TPSA) is 126 Å². The number of nitrogen functional groups attached to an aromatic ring is 1. The minimum Gasteiger partial charge on any atom is -0.384 e. The van der Waals surface area contributed by atoms with Gasteiger partial charge in [0.2, 0.25) is 5.95 Å². The number of halogens is 6. The fraction of sp³-hybridized carbons (Fsp3) is 0.321. The fourth-order valence-electron chi connectivity index (χ4n) is 4.94. The lowest BCUT2D eigenvalue weighted by molar-refractivity contribution is -0.142. The van der Waals surface area contributed by atoms with Crippen LogP contribution in [0.15, 0.2) is 47.5 Å². The molecule has 9 nitrogen and oxygen atoms in total. The molecule has 4 N–H and O–H groups in total. The van der Waals surface area contributed by atoms with E-state index in [1.165, 1.54) is 18.2 Å². The number of hydrogen-bond acceptors (Lipinski definition) is 9. The Kier molecular flexibility index (Phi) is 8.83. The summed E-state index contributed by atoms with van der Waals surface area (Å²) in [6.07, 6.45) is -5.37. The third-order valence-electron chi connectivity index (χ3n) is 7.14. The fourth-order valence-corrected chi connectivity index (χ4v) is 5.61. The summed E-state index contributed by atoms with van der Waals surface area (Å²) in [7, 11) is 0. The Hall–Kier alpha value is -4.18. The van der Waals surface area contributed by atoms with E-state index < -0.39 is 40.2 Å². The molecule has 0 spiro atoms. The summed E-state index contributed by atoms with van der Waals surface area (Å²) in [5.74, 6) is 0.166. The van der Waals surface area contributed by atoms with Gasteiger partial charge in [-0.2, -0.15) is 26.3 Å². The summed E-state index contributed by atoms with van der Waals surface area (Å²) in [6.45, 7) is 1.92. The van der Waals surface area contributed by atoms with Gasteiger partial charge in [-0.25, -0.2) is 15.0 Å². The Balaban J connectivity index is 1.22. The van der Waals surface area contributed by atoms with Crippen LogP contribution in [0.3, 0.4) is 0 Å². The second kappa shape index (κ2) is 12.4. The maximum Gasteiger partial charge on any atom is 0.417 e. The number of alkyl halides is 6. The summed E-state index contributed by atoms with van der Waals surface area (Å²) >= 11 is 0.799. The Bertz CT molecular complexity index is 1600. The molecule has 0 bridgehead atoms. The molecule has 0 atom stereocenters. The zero-order valence-electron chi connectivity index (χ0n) is 22.8. The third-order valence-corrected chi connectivity index (χ3v) is 7.95. The van der Waals surface area contributed by atoms with Gasteiger partial charge in [-0.3, -0.25) is 14.9 Å². The molecular formula is C28H25F6N7O2S. The van der Waals surface area contributed by atoms with Crippen molar-refractivity contribution in [1.82, 2.24) is 25.6 Å². The first-order valence-electron chi connectivity index (χ1n) is 13.4. The number of nitrogens with zero attached hydrogens (tertiary/aromatic N) is 4. The van der Waals surface area contributed by atoms with Crippen LogP contribution in [0.25, 0.3) is 17.3 Å². The van der Waals surface area contributed by atoms with E-state index >= 15 is 0 Å². The van der Waals surface area contributed by atoms with Crippen molar-refractivity contribution >= 4 is 40.8 Å². The number of carbonyl (C=O) groups is 2. The highest BCUT2D eigenvalue weighted by molar-refractivity contribution is 8.18. The summed E-state index contributed by atoms with van der Waals surface area (Å²) < 4.78 is 81.0. The van der Waals surface area contributed by atoms with Gasteiger partial charge >= 0.3 is 12.4 Å². The number of piperidine rings is 1. The first kappa shape index (κ1) is 31.3. The molecule has 2 aromatic heterocycles. The second-order valence-electron chi connectivity index (χ2n) is 10.2. The van der Waals surface area contributed by atoms with Crippen LogP contribution >= 0.6 is 11.8 Å². The Morgan fingerprint density at radius 3 is 2.43 bits per heavy atom. The van der Waals surface area contributed by atoms with E-state index in [9.17, 15) is 35.9 Å². The van der Waals surface area contributed by atoms with Crippen molar-refractivity contribution in [3.8, 4) is 11.3 Å². The largest absolute Gasteiger partial charge is 0.417 e. The monoisotopic (exact) mass is 637 g/mol. The maximum atomic E-state index is 13.8. The average molecular weight is 638 g/mol. The van der Waals surface area contributed by atoms with Crippen molar-refractivity contribution in [2.24, 2.45) is 5.92 Å². The van der Waals surface area contributed by atoms with Crippen molar-refractivity contribution in [3.05, 3.63) is 69.9 Å². The van der Waals surface area contributed by atoms with Crippen LogP contribution < -0.4 is 21.3 Å². The number of amides is 2. The maximum absolute atomic E-state index is 13.8. The SMILES string of the molecule is Nc1ccc(CNCC2CCN(c3nccc(/C=C4\SC(=O)NC4=O)n3)CC2)c(-c2ccc(C(F)(F)F)cc2C(F)(F)F)n1. The molecule has 2 aliphatic heterocycles. The van der Waals surface area contributed by atoms with Gasteiger partial charge in [0.15, 0.2) is 0 Å². The molecule has 2 amide bonds. The molecule has 0 saturated carbocycles. The summed E-state index contributed by atoms with van der Waals surface area (Å²) in [6, 6.07) is 6.03. The van der Waals surface area contributed by atoms with E-state index in [0.717, 1.165) is 30.7 Å². The van der Waals surface area contributed by atoms with Gasteiger partial charge in [-0.15, -0.1) is 0 Å². The standard InChI is InChI=1S/C28H25F6N7O2S/c29-27(30,31)17-2-3-19(20(11-17)28(32,33)34)23-16(1-4-22(35)39-23)14-36-13-15-6-9-41(10-7-15)25-37-8-5-18(38-25)12-21-24(42)40-26(43)44-21/h1-5,8,11-12,15,36H,6-7,9-10,13-14H2,(H2,35,39)(H,40,42,43)/b21-12-. The van der Waals surface area contributed by atoms with E-state index in [-0.39, 0.29) is 34.9 Å². The highest BCUT2D eigenvalue weighted by atomic mass is 32.2. The molecule has 16 heteroatoms. The van der Waals surface area contributed by atoms with E-state index in [0.29, 0.717) is 42.9 Å². The predicted octanol–water partition coefficient (Wildman–Crippen LogP) is 5.49. The number of nitrogens with two attached hydrogens (primary N) is 1. The Labute approximate surface area is 251 Å². The average Bonchev–Trinajstić information content (AvgIpc) is 3.28. The number of aromatic nitrogens is 3. The normalized spacial score (nSPS) is 17.4. The van der Waals surface area contributed by atoms with Gasteiger partial charge < -0.3 is 16.0 Å². The van der Waals surface area contributed by atoms with Gasteiger partial charge in [0.25, 0.3) is 11.1 Å². The van der Waals surface area contributed by atoms with Crippen LogP contribution in [0.1, 0.15) is 35.2 Å². The summed E-state index contributed by atoms with van der Waals surface area (Å²) in [5, 5.41) is 4.99. The lowest BCUT2D eigenvalue weighted by atomic mass is 9.96. The van der Waals surface area contributed by atoms with Gasteiger partial charge in [-0.1, -0.05) is 12.1 Å². The number of rotatable bonds is 7. The van der Waals surface area contributed by atoms with Crippen LogP contribution in [0, 0.1) is 5.92 Å². The molecule has 2 fully saturated rings. The molecule has 2 saturated heterocycles. The molecule has 0 unspecified atom stereocenters. The Morgan fingerprint density at radius 1 is 1.02 bits per heavy atom. The second-order valence-corrected chi connectivity index (χ2v) is 11.2. The number of pyridine rings is 1. The lowest BCUT2D eigenvalue weighted by Gasteiger charge is -2.32. The van der Waals surface area contributed by atoms with Gasteiger partial charge in [0.05, 0.1) is 27.4 Å². The first-order valence-corrected chi connectivity index (χ1v) is 14.2. The van der Waals surface area contributed by atoms with E-state index in [2.05, 4.69) is 25.6 Å². The highest BCUT2D eigenvalue weighted by Gasteiger charge is 2.39. The number of nitrogens with one attached hydrogen (secondary N) is 2. The minimum absolute atomic E-state index is 0.0645. The van der Waals surface area contributed by atoms with E-state index in [1.807, 2.05) is 4.90 Å². The molecule has 44 heavy (non-hydrogen) atoms. The van der Waals surface area contributed by atoms with Crippen molar-refractivity contribution in [1.29, 1.82) is 0 Å². The highest BCUT2D eigenvalue weighted by Crippen LogP contribution is 2.41. The molecule has 0 radical (unpaired) electrons. The van der Waals surface area contributed by atoms with E-state index in [4.69, 9.17) is 5.73 Å².